The van der Waals surface area contributed by atoms with E-state index < -0.39 is 88.8 Å². The highest BCUT2D eigenvalue weighted by molar-refractivity contribution is 6.23. The number of Topliss-reactive ketones (excluding diaryl/α,β-unsaturated/α-hetero) is 1. The minimum Gasteiger partial charge on any atom is -0.507 e. The predicted molar refractivity (Wildman–Crippen MR) is 200 cm³/mol. The lowest BCUT2D eigenvalue weighted by Gasteiger charge is -2.38. The van der Waals surface area contributed by atoms with Gasteiger partial charge in [-0.05, 0) is 32.8 Å². The van der Waals surface area contributed by atoms with Gasteiger partial charge in [-0.3, -0.25) is 14.4 Å². The van der Waals surface area contributed by atoms with E-state index in [1.54, 1.807) is 39.8 Å². The third-order valence-corrected chi connectivity index (χ3v) is 10.9. The van der Waals surface area contributed by atoms with Crippen LogP contribution in [0, 0.1) is 30.6 Å². The van der Waals surface area contributed by atoms with E-state index in [0.717, 1.165) is 12.8 Å². The number of carbonyl (C=O) groups excluding carboxylic acids is 3. The van der Waals surface area contributed by atoms with Crippen molar-refractivity contribution >= 4 is 39.8 Å². The third kappa shape index (κ3) is 7.46. The van der Waals surface area contributed by atoms with Crippen LogP contribution in [0.15, 0.2) is 36.1 Å². The molecular formula is C40H52N2O12. The van der Waals surface area contributed by atoms with Gasteiger partial charge in [0, 0.05) is 67.2 Å². The number of esters is 1. The van der Waals surface area contributed by atoms with E-state index in [1.807, 2.05) is 0 Å². The second-order valence-corrected chi connectivity index (χ2v) is 15.0. The highest BCUT2D eigenvalue weighted by Crippen LogP contribution is 2.57. The van der Waals surface area contributed by atoms with Crippen molar-refractivity contribution in [2.45, 2.75) is 104 Å². The predicted octanol–water partition coefficient (Wildman–Crippen LogP) is 5.33. The molecule has 1 aliphatic carbocycles. The molecule has 2 aromatic carbocycles. The van der Waals surface area contributed by atoms with Crippen molar-refractivity contribution in [3.8, 4) is 23.0 Å². The van der Waals surface area contributed by atoms with Crippen LogP contribution in [0.3, 0.4) is 0 Å². The number of nitrogens with one attached hydrogen (secondary N) is 2. The summed E-state index contributed by atoms with van der Waals surface area (Å²) in [6.07, 6.45) is 5.19. The summed E-state index contributed by atoms with van der Waals surface area (Å²) in [5.74, 6) is -8.00. The molecule has 294 valence electrons. The fourth-order valence-corrected chi connectivity index (χ4v) is 7.30. The Balaban J connectivity index is 1.68. The van der Waals surface area contributed by atoms with Crippen LogP contribution in [0.5, 0.6) is 23.0 Å². The van der Waals surface area contributed by atoms with Crippen molar-refractivity contribution in [1.29, 1.82) is 0 Å². The Kier molecular flexibility index (Phi) is 11.6. The number of anilines is 2. The molecule has 1 saturated carbocycles. The summed E-state index contributed by atoms with van der Waals surface area (Å²) < 4.78 is 23.5. The highest BCUT2D eigenvalue weighted by atomic mass is 16.7. The van der Waals surface area contributed by atoms with Gasteiger partial charge in [0.2, 0.25) is 0 Å². The molecule has 4 aliphatic rings. The summed E-state index contributed by atoms with van der Waals surface area (Å²) in [7, 11) is 1.44. The number of ether oxygens (including phenoxy) is 4. The molecule has 14 nitrogen and oxygen atoms in total. The van der Waals surface area contributed by atoms with Crippen LogP contribution in [0.25, 0.3) is 10.8 Å². The Hall–Kier alpha value is -4.79. The third-order valence-electron chi connectivity index (χ3n) is 10.9. The first-order chi connectivity index (χ1) is 25.3. The van der Waals surface area contributed by atoms with Crippen molar-refractivity contribution in [2.75, 3.05) is 17.7 Å². The molecule has 0 unspecified atom stereocenters. The van der Waals surface area contributed by atoms with Gasteiger partial charge in [0.15, 0.2) is 5.75 Å². The zero-order valence-electron chi connectivity index (χ0n) is 32.1. The number of aliphatic hydroxyl groups is 2. The van der Waals surface area contributed by atoms with Gasteiger partial charge in [-0.25, -0.2) is 0 Å². The van der Waals surface area contributed by atoms with Gasteiger partial charge in [-0.2, -0.15) is 0 Å². The minimum absolute atomic E-state index is 0.0425. The maximum atomic E-state index is 14.3. The Bertz CT molecular complexity index is 1920. The summed E-state index contributed by atoms with van der Waals surface area (Å²) >= 11 is 0. The molecule has 14 heteroatoms. The standard InChI is InChI=1S/C40H52N2O12/c1-17-11-10-12-18(2)39(50)42-30-29(41-24-13-14-24)34(47)26-27(35(30)48)33(46)22(6)37-28(26)38(49)40(8,54-37)52-16-15-25(51-9)19(3)36(53-23(7)43)21(5)32(45)20(4)31(17)44/h10-12,15-17,19-21,24-25,31-32,36,41,44-48H,13-14H2,1-9H3,(H,42,50)/b11-10-,16-15?,18-12-/t17-,19+,20+,21+,25-,31-,32+,36+,40-/m0/s1. The summed E-state index contributed by atoms with van der Waals surface area (Å²) in [6, 6.07) is -0.0824. The maximum Gasteiger partial charge on any atom is 0.312 e. The molecule has 1 fully saturated rings. The molecule has 3 aliphatic heterocycles. The first-order valence-corrected chi connectivity index (χ1v) is 18.2. The SMILES string of the molecule is CO[C@H]1C=CO[C@@]2(C)Oc3c(C)c(O)c4c(O)c(c(NC5CC5)c(O)c4c3C2=O)NC(=O)/C(C)=C\C=C/[C@H](C)[C@H](O)[C@@H](C)[C@@H](O)[C@@H](C)[C@H](OC(C)=O)[C@@H]1C. The van der Waals surface area contributed by atoms with E-state index in [0.29, 0.717) is 0 Å². The van der Waals surface area contributed by atoms with Crippen molar-refractivity contribution in [3.63, 3.8) is 0 Å². The number of aromatic hydroxyl groups is 3. The number of amides is 1. The van der Waals surface area contributed by atoms with Gasteiger partial charge in [0.1, 0.15) is 34.7 Å². The summed E-state index contributed by atoms with van der Waals surface area (Å²) in [5.41, 5.74) is -0.103. The number of hydrogen-bond donors (Lipinski definition) is 7. The molecule has 7 N–H and O–H groups in total. The van der Waals surface area contributed by atoms with Crippen molar-refractivity contribution < 1.29 is 58.9 Å². The molecule has 6 rings (SSSR count). The van der Waals surface area contributed by atoms with E-state index in [-0.39, 0.29) is 50.6 Å². The zero-order valence-corrected chi connectivity index (χ0v) is 32.1. The lowest BCUT2D eigenvalue weighted by atomic mass is 9.78. The lowest BCUT2D eigenvalue weighted by molar-refractivity contribution is -0.160. The molecule has 3 heterocycles. The molecule has 2 aromatic rings. The molecule has 54 heavy (non-hydrogen) atoms. The van der Waals surface area contributed by atoms with E-state index in [2.05, 4.69) is 10.6 Å². The summed E-state index contributed by atoms with van der Waals surface area (Å²) in [6.45, 7) is 12.6. The second-order valence-electron chi connectivity index (χ2n) is 15.0. The number of methoxy groups -OCH3 is 1. The molecule has 0 radical (unpaired) electrons. The number of ketones is 1. The van der Waals surface area contributed by atoms with E-state index in [1.165, 1.54) is 53.2 Å². The fraction of sp³-hybridized carbons (Fsp3) is 0.525. The van der Waals surface area contributed by atoms with E-state index >= 15 is 0 Å². The molecule has 9 atom stereocenters. The van der Waals surface area contributed by atoms with Gasteiger partial charge in [0.05, 0.1) is 35.5 Å². The fourth-order valence-electron chi connectivity index (χ4n) is 7.30. The number of aliphatic hydroxyl groups excluding tert-OH is 2. The first-order valence-electron chi connectivity index (χ1n) is 18.2. The highest BCUT2D eigenvalue weighted by Gasteiger charge is 2.50. The molecule has 0 saturated heterocycles. The summed E-state index contributed by atoms with van der Waals surface area (Å²) in [4.78, 5) is 40.1. The number of fused-ring (bicyclic) bond motifs is 14. The molecule has 5 bridgehead atoms. The minimum atomic E-state index is -2.00. The molecule has 0 spiro atoms. The topological polar surface area (TPSA) is 213 Å². The average Bonchev–Trinajstić information content (AvgIpc) is 3.92. The Labute approximate surface area is 314 Å². The van der Waals surface area contributed by atoms with Crippen LogP contribution >= 0.6 is 0 Å². The number of phenols is 3. The van der Waals surface area contributed by atoms with Crippen LogP contribution < -0.4 is 15.4 Å². The number of hydrogen-bond acceptors (Lipinski definition) is 13. The number of benzene rings is 2. The van der Waals surface area contributed by atoms with Gasteiger partial charge in [0.25, 0.3) is 11.7 Å². The van der Waals surface area contributed by atoms with Crippen molar-refractivity contribution in [2.24, 2.45) is 23.7 Å². The van der Waals surface area contributed by atoms with Crippen LogP contribution in [0.1, 0.15) is 77.2 Å². The first kappa shape index (κ1) is 40.4. The Morgan fingerprint density at radius 3 is 2.22 bits per heavy atom. The van der Waals surface area contributed by atoms with Crippen molar-refractivity contribution in [3.05, 3.63) is 47.3 Å². The van der Waals surface area contributed by atoms with Crippen LogP contribution in [0.2, 0.25) is 0 Å². The molecule has 0 aromatic heterocycles. The average molecular weight is 753 g/mol. The number of carbonyl (C=O) groups is 3. The van der Waals surface area contributed by atoms with Gasteiger partial charge >= 0.3 is 11.8 Å². The maximum absolute atomic E-state index is 14.3. The smallest absolute Gasteiger partial charge is 0.312 e. The normalized spacial score (nSPS) is 32.4. The number of phenolic OH excluding ortho intramolecular Hbond substituents is 3. The molecular weight excluding hydrogens is 700 g/mol. The number of allylic oxidation sites excluding steroid dienone is 2. The Morgan fingerprint density at radius 2 is 1.61 bits per heavy atom. The lowest BCUT2D eigenvalue weighted by Crippen LogP contribution is -2.46. The monoisotopic (exact) mass is 752 g/mol. The largest absolute Gasteiger partial charge is 0.507 e. The van der Waals surface area contributed by atoms with Gasteiger partial charge < -0.3 is 55.1 Å². The van der Waals surface area contributed by atoms with Crippen LogP contribution in [-0.2, 0) is 23.8 Å². The van der Waals surface area contributed by atoms with Crippen molar-refractivity contribution in [1.82, 2.24) is 0 Å². The van der Waals surface area contributed by atoms with Crippen LogP contribution in [0.4, 0.5) is 11.4 Å². The van der Waals surface area contributed by atoms with Gasteiger partial charge in [-0.15, -0.1) is 0 Å². The molecule has 1 amide bonds. The van der Waals surface area contributed by atoms with Gasteiger partial charge in [-0.1, -0.05) is 45.9 Å². The summed E-state index contributed by atoms with van der Waals surface area (Å²) in [5, 5.41) is 63.1. The Morgan fingerprint density at radius 1 is 0.944 bits per heavy atom. The zero-order chi connectivity index (χ0) is 40.0. The second kappa shape index (κ2) is 15.5. The van der Waals surface area contributed by atoms with E-state index in [9.17, 15) is 39.9 Å². The number of rotatable bonds is 4. The quantitative estimate of drug-likeness (QED) is 0.120. The van der Waals surface area contributed by atoms with E-state index in [4.69, 9.17) is 18.9 Å². The van der Waals surface area contributed by atoms with Crippen LogP contribution in [-0.4, -0.2) is 86.5 Å².